The third kappa shape index (κ3) is 3.73. The van der Waals surface area contributed by atoms with Gasteiger partial charge in [-0.1, -0.05) is 29.8 Å². The van der Waals surface area contributed by atoms with Crippen LogP contribution in [0.15, 0.2) is 69.0 Å². The Morgan fingerprint density at radius 1 is 1.07 bits per heavy atom. The van der Waals surface area contributed by atoms with E-state index in [1.165, 1.54) is 6.26 Å². The topological polar surface area (TPSA) is 74.9 Å². The average Bonchev–Trinajstić information content (AvgIpc) is 2.70. The molecule has 2 aromatic carbocycles. The highest BCUT2D eigenvalue weighted by atomic mass is 16.3. The van der Waals surface area contributed by atoms with Crippen molar-refractivity contribution in [2.24, 2.45) is 4.99 Å². The second-order valence-electron chi connectivity index (χ2n) is 8.59. The minimum Gasteiger partial charge on any atom is -0.464 e. The molecule has 4 rings (SSSR count). The van der Waals surface area contributed by atoms with Crippen LogP contribution in [0.25, 0.3) is 11.0 Å². The predicted molar refractivity (Wildman–Crippen MR) is 119 cm³/mol. The Labute approximate surface area is 175 Å². The van der Waals surface area contributed by atoms with E-state index in [-0.39, 0.29) is 23.4 Å². The van der Waals surface area contributed by atoms with Crippen LogP contribution in [0.2, 0.25) is 0 Å². The van der Waals surface area contributed by atoms with Gasteiger partial charge in [-0.15, -0.1) is 0 Å². The molecule has 1 aliphatic heterocycles. The number of fused-ring (bicyclic) bond motifs is 1. The smallest absolute Gasteiger partial charge is 0.249 e. The minimum atomic E-state index is -0.700. The number of hydrogen-bond acceptors (Lipinski definition) is 5. The summed E-state index contributed by atoms with van der Waals surface area (Å²) in [5, 5.41) is 3.87. The first kappa shape index (κ1) is 19.9. The SMILES string of the molecule is Cc1ccc(N2C(=O)CN=C(NC(C)(C)C)C2c2coc3ccccc3c2=O)cc1. The van der Waals surface area contributed by atoms with Crippen LogP contribution in [0.3, 0.4) is 0 Å². The van der Waals surface area contributed by atoms with Crippen LogP contribution in [0.5, 0.6) is 0 Å². The van der Waals surface area contributed by atoms with E-state index in [9.17, 15) is 9.59 Å². The van der Waals surface area contributed by atoms with Crippen LogP contribution in [0.4, 0.5) is 5.69 Å². The number of amidine groups is 1. The molecule has 0 saturated heterocycles. The van der Waals surface area contributed by atoms with Crippen molar-refractivity contribution in [2.75, 3.05) is 11.4 Å². The molecule has 0 aliphatic carbocycles. The molecule has 0 radical (unpaired) electrons. The fourth-order valence-corrected chi connectivity index (χ4v) is 3.64. The summed E-state index contributed by atoms with van der Waals surface area (Å²) in [5.41, 5.74) is 2.22. The second-order valence-corrected chi connectivity index (χ2v) is 8.59. The molecule has 1 aliphatic rings. The van der Waals surface area contributed by atoms with Gasteiger partial charge in [-0.05, 0) is 52.0 Å². The van der Waals surface area contributed by atoms with Crippen molar-refractivity contribution in [3.05, 3.63) is 76.1 Å². The summed E-state index contributed by atoms with van der Waals surface area (Å²) >= 11 is 0. The van der Waals surface area contributed by atoms with E-state index in [0.717, 1.165) is 5.56 Å². The lowest BCUT2D eigenvalue weighted by Crippen LogP contribution is -2.54. The highest BCUT2D eigenvalue weighted by Gasteiger charge is 2.37. The van der Waals surface area contributed by atoms with Crippen LogP contribution in [0, 0.1) is 6.92 Å². The van der Waals surface area contributed by atoms with E-state index in [0.29, 0.717) is 28.1 Å². The number of aliphatic imine (C=N–C) groups is 1. The number of amides is 1. The molecular weight excluding hydrogens is 378 g/mol. The number of nitrogens with one attached hydrogen (secondary N) is 1. The quantitative estimate of drug-likeness (QED) is 0.702. The van der Waals surface area contributed by atoms with Gasteiger partial charge < -0.3 is 9.73 Å². The Kier molecular flexibility index (Phi) is 4.94. The Morgan fingerprint density at radius 3 is 2.47 bits per heavy atom. The fourth-order valence-electron chi connectivity index (χ4n) is 3.64. The maximum absolute atomic E-state index is 13.4. The number of para-hydroxylation sites is 1. The molecular formula is C24H25N3O3. The van der Waals surface area contributed by atoms with Crippen LogP contribution in [-0.2, 0) is 4.79 Å². The summed E-state index contributed by atoms with van der Waals surface area (Å²) in [6.07, 6.45) is 1.45. The zero-order valence-corrected chi connectivity index (χ0v) is 17.6. The van der Waals surface area contributed by atoms with Gasteiger partial charge >= 0.3 is 0 Å². The fraction of sp³-hybridized carbons (Fsp3) is 0.292. The molecule has 2 heterocycles. The first-order chi connectivity index (χ1) is 14.2. The van der Waals surface area contributed by atoms with Crippen LogP contribution >= 0.6 is 0 Å². The van der Waals surface area contributed by atoms with Crippen LogP contribution in [-0.4, -0.2) is 23.8 Å². The number of aryl methyl sites for hydroxylation is 1. The predicted octanol–water partition coefficient (Wildman–Crippen LogP) is 3.98. The molecule has 1 amide bonds. The molecule has 1 N–H and O–H groups in total. The molecule has 0 saturated carbocycles. The lowest BCUT2D eigenvalue weighted by Gasteiger charge is -2.38. The molecule has 1 atom stereocenters. The van der Waals surface area contributed by atoms with Gasteiger partial charge in [0.05, 0.1) is 10.9 Å². The van der Waals surface area contributed by atoms with Crippen molar-refractivity contribution in [3.63, 3.8) is 0 Å². The maximum atomic E-state index is 13.4. The third-order valence-electron chi connectivity index (χ3n) is 4.99. The van der Waals surface area contributed by atoms with E-state index in [2.05, 4.69) is 10.3 Å². The summed E-state index contributed by atoms with van der Waals surface area (Å²) in [6.45, 7) is 8.05. The highest BCUT2D eigenvalue weighted by Crippen LogP contribution is 2.31. The van der Waals surface area contributed by atoms with Crippen molar-refractivity contribution >= 4 is 28.4 Å². The average molecular weight is 403 g/mol. The largest absolute Gasteiger partial charge is 0.464 e. The third-order valence-corrected chi connectivity index (χ3v) is 4.99. The number of carbonyl (C=O) groups is 1. The van der Waals surface area contributed by atoms with Crippen LogP contribution in [0.1, 0.15) is 37.9 Å². The summed E-state index contributed by atoms with van der Waals surface area (Å²) in [5.74, 6) is 0.404. The summed E-state index contributed by atoms with van der Waals surface area (Å²) in [4.78, 5) is 32.5. The van der Waals surface area contributed by atoms with Gasteiger partial charge in [0, 0.05) is 11.2 Å². The summed E-state index contributed by atoms with van der Waals surface area (Å²) < 4.78 is 5.77. The number of anilines is 1. The van der Waals surface area contributed by atoms with Gasteiger partial charge in [-0.3, -0.25) is 19.5 Å². The normalized spacial score (nSPS) is 17.2. The van der Waals surface area contributed by atoms with Gasteiger partial charge in [0.2, 0.25) is 5.91 Å². The van der Waals surface area contributed by atoms with Gasteiger partial charge in [0.15, 0.2) is 5.43 Å². The zero-order chi connectivity index (χ0) is 21.5. The second kappa shape index (κ2) is 7.44. The van der Waals surface area contributed by atoms with E-state index in [1.807, 2.05) is 58.0 Å². The Balaban J connectivity index is 1.93. The van der Waals surface area contributed by atoms with Crippen molar-refractivity contribution in [2.45, 2.75) is 39.3 Å². The van der Waals surface area contributed by atoms with Crippen LogP contribution < -0.4 is 15.6 Å². The molecule has 154 valence electrons. The van der Waals surface area contributed by atoms with Gasteiger partial charge in [0.1, 0.15) is 30.3 Å². The molecule has 1 aromatic heterocycles. The summed E-state index contributed by atoms with van der Waals surface area (Å²) in [7, 11) is 0. The van der Waals surface area contributed by atoms with Gasteiger partial charge in [0.25, 0.3) is 0 Å². The van der Waals surface area contributed by atoms with E-state index in [1.54, 1.807) is 23.1 Å². The first-order valence-corrected chi connectivity index (χ1v) is 9.96. The molecule has 6 nitrogen and oxygen atoms in total. The molecule has 6 heteroatoms. The maximum Gasteiger partial charge on any atom is 0.249 e. The molecule has 0 fully saturated rings. The van der Waals surface area contributed by atoms with Crippen molar-refractivity contribution in [1.82, 2.24) is 5.32 Å². The molecule has 1 unspecified atom stereocenters. The zero-order valence-electron chi connectivity index (χ0n) is 17.6. The number of hydrogen-bond donors (Lipinski definition) is 1. The summed E-state index contributed by atoms with van der Waals surface area (Å²) in [6, 6.07) is 14.1. The number of rotatable bonds is 2. The van der Waals surface area contributed by atoms with Gasteiger partial charge in [-0.25, -0.2) is 0 Å². The first-order valence-electron chi connectivity index (χ1n) is 9.96. The van der Waals surface area contributed by atoms with Crippen molar-refractivity contribution < 1.29 is 9.21 Å². The van der Waals surface area contributed by atoms with Crippen molar-refractivity contribution in [3.8, 4) is 0 Å². The molecule has 0 spiro atoms. The Bertz CT molecular complexity index is 1190. The lowest BCUT2D eigenvalue weighted by molar-refractivity contribution is -0.117. The van der Waals surface area contributed by atoms with E-state index in [4.69, 9.17) is 4.42 Å². The van der Waals surface area contributed by atoms with Gasteiger partial charge in [-0.2, -0.15) is 0 Å². The standard InChI is InChI=1S/C24H25N3O3/c1-15-9-11-16(12-10-15)27-20(28)13-25-23(26-24(2,3)4)21(27)18-14-30-19-8-6-5-7-17(19)22(18)29/h5-12,14,21H,13H2,1-4H3,(H,25,26). The van der Waals surface area contributed by atoms with E-state index < -0.39 is 6.04 Å². The number of nitrogens with zero attached hydrogens (tertiary/aromatic N) is 2. The lowest BCUT2D eigenvalue weighted by atomic mass is 9.99. The minimum absolute atomic E-state index is 0.0156. The number of carbonyl (C=O) groups excluding carboxylic acids is 1. The molecule has 30 heavy (non-hydrogen) atoms. The Hall–Kier alpha value is -3.41. The highest BCUT2D eigenvalue weighted by molar-refractivity contribution is 6.07. The number of benzene rings is 2. The molecule has 3 aromatic rings. The Morgan fingerprint density at radius 2 is 1.77 bits per heavy atom. The molecule has 0 bridgehead atoms. The van der Waals surface area contributed by atoms with Crippen molar-refractivity contribution in [1.29, 1.82) is 0 Å². The monoisotopic (exact) mass is 403 g/mol. The van der Waals surface area contributed by atoms with E-state index >= 15 is 0 Å².